The van der Waals surface area contributed by atoms with Crippen LogP contribution in [-0.4, -0.2) is 42.5 Å². The fourth-order valence-electron chi connectivity index (χ4n) is 3.55. The number of benzene rings is 1. The Morgan fingerprint density at radius 2 is 1.78 bits per heavy atom. The number of hydrogen-bond donors (Lipinski definition) is 2. The number of carbonyl (C=O) groups is 1. The molecule has 1 amide bonds. The number of nitrogens with one attached hydrogen (secondary N) is 2. The van der Waals surface area contributed by atoms with Crippen LogP contribution in [0.4, 0.5) is 5.69 Å². The first-order valence-electron chi connectivity index (χ1n) is 7.83. The molecule has 0 spiro atoms. The molecule has 2 bridgehead atoms. The number of likely N-dealkylation sites (N-methyl/N-ethyl adjacent to an activating group) is 1. The summed E-state index contributed by atoms with van der Waals surface area (Å²) in [6.45, 7) is 0.334. The van der Waals surface area contributed by atoms with Crippen molar-refractivity contribution < 1.29 is 4.79 Å². The van der Waals surface area contributed by atoms with Gasteiger partial charge in [0, 0.05) is 18.1 Å². The molecule has 1 aromatic rings. The molecule has 2 N–H and O–H groups in total. The molecule has 0 saturated carbocycles. The Balaban J connectivity index is 1.58. The van der Waals surface area contributed by atoms with Gasteiger partial charge in [-0.1, -0.05) is 34.8 Å². The summed E-state index contributed by atoms with van der Waals surface area (Å²) in [4.78, 5) is 14.4. The van der Waals surface area contributed by atoms with Crippen LogP contribution in [0.2, 0.25) is 15.1 Å². The van der Waals surface area contributed by atoms with E-state index < -0.39 is 0 Å². The number of rotatable bonds is 4. The molecule has 2 aliphatic heterocycles. The number of piperidine rings is 1. The van der Waals surface area contributed by atoms with Crippen LogP contribution in [0.15, 0.2) is 12.1 Å². The van der Waals surface area contributed by atoms with Crippen molar-refractivity contribution in [1.82, 2.24) is 10.2 Å². The van der Waals surface area contributed by atoms with Crippen LogP contribution in [0.25, 0.3) is 0 Å². The Bertz CT molecular complexity index is 598. The number of halogens is 3. The number of anilines is 1. The van der Waals surface area contributed by atoms with Crippen LogP contribution in [0, 0.1) is 0 Å². The van der Waals surface area contributed by atoms with Gasteiger partial charge in [-0.15, -0.1) is 0 Å². The van der Waals surface area contributed by atoms with Gasteiger partial charge in [0.15, 0.2) is 0 Å². The number of hydrogen-bond acceptors (Lipinski definition) is 3. The molecule has 2 heterocycles. The van der Waals surface area contributed by atoms with Gasteiger partial charge in [0.2, 0.25) is 5.91 Å². The summed E-state index contributed by atoms with van der Waals surface area (Å²) in [6.07, 6.45) is 4.71. The van der Waals surface area contributed by atoms with Crippen molar-refractivity contribution in [3.8, 4) is 0 Å². The zero-order valence-electron chi connectivity index (χ0n) is 12.9. The minimum absolute atomic E-state index is 0.0985. The van der Waals surface area contributed by atoms with Gasteiger partial charge >= 0.3 is 0 Å². The zero-order valence-corrected chi connectivity index (χ0v) is 15.2. The standard InChI is InChI=1S/C16H20Cl3N3O/c1-22(11-4-9-2-3-10(5-11)20-9)8-16(23)21-15-7-13(18)12(17)6-14(15)19/h6-7,9-11,20H,2-5,8H2,1H3,(H,21,23). The van der Waals surface area contributed by atoms with Crippen molar-refractivity contribution in [3.05, 3.63) is 27.2 Å². The number of nitrogens with zero attached hydrogens (tertiary/aromatic N) is 1. The van der Waals surface area contributed by atoms with Crippen molar-refractivity contribution in [2.75, 3.05) is 18.9 Å². The normalized spacial score (nSPS) is 26.6. The van der Waals surface area contributed by atoms with Gasteiger partial charge in [0.05, 0.1) is 27.3 Å². The summed E-state index contributed by atoms with van der Waals surface area (Å²) >= 11 is 18.0. The highest BCUT2D eigenvalue weighted by Crippen LogP contribution is 2.32. The first-order chi connectivity index (χ1) is 10.9. The third kappa shape index (κ3) is 4.12. The quantitative estimate of drug-likeness (QED) is 0.786. The molecular weight excluding hydrogens is 357 g/mol. The summed E-state index contributed by atoms with van der Waals surface area (Å²) in [5, 5.41) is 7.56. The molecule has 2 aliphatic rings. The van der Waals surface area contributed by atoms with E-state index in [0.717, 1.165) is 12.8 Å². The molecule has 7 heteroatoms. The molecule has 126 valence electrons. The molecule has 2 atom stereocenters. The minimum atomic E-state index is -0.0985. The van der Waals surface area contributed by atoms with E-state index in [1.54, 1.807) is 6.07 Å². The maximum Gasteiger partial charge on any atom is 0.238 e. The largest absolute Gasteiger partial charge is 0.324 e. The van der Waals surface area contributed by atoms with Gasteiger partial charge in [-0.05, 0) is 44.9 Å². The van der Waals surface area contributed by atoms with Gasteiger partial charge < -0.3 is 10.6 Å². The van der Waals surface area contributed by atoms with E-state index in [1.807, 2.05) is 7.05 Å². The molecule has 3 rings (SSSR count). The van der Waals surface area contributed by atoms with Crippen molar-refractivity contribution >= 4 is 46.4 Å². The van der Waals surface area contributed by atoms with E-state index in [-0.39, 0.29) is 5.91 Å². The summed E-state index contributed by atoms with van der Waals surface area (Å²) in [6, 6.07) is 4.77. The maximum absolute atomic E-state index is 12.3. The molecule has 0 aromatic heterocycles. The second-order valence-electron chi connectivity index (χ2n) is 6.47. The Morgan fingerprint density at radius 3 is 2.43 bits per heavy atom. The average Bonchev–Trinajstić information content (AvgIpc) is 2.83. The Labute approximate surface area is 151 Å². The number of carbonyl (C=O) groups excluding carboxylic acids is 1. The summed E-state index contributed by atoms with van der Waals surface area (Å²) < 4.78 is 0. The lowest BCUT2D eigenvalue weighted by molar-refractivity contribution is -0.117. The SMILES string of the molecule is CN(CC(=O)Nc1cc(Cl)c(Cl)cc1Cl)C1CC2CCC(C1)N2. The first kappa shape index (κ1) is 17.3. The predicted molar refractivity (Wildman–Crippen MR) is 95.7 cm³/mol. The molecule has 0 aliphatic carbocycles. The number of amides is 1. The summed E-state index contributed by atoms with van der Waals surface area (Å²) in [7, 11) is 2.01. The second-order valence-corrected chi connectivity index (χ2v) is 7.69. The lowest BCUT2D eigenvalue weighted by Crippen LogP contribution is -2.48. The molecule has 4 nitrogen and oxygen atoms in total. The van der Waals surface area contributed by atoms with Crippen molar-refractivity contribution in [3.63, 3.8) is 0 Å². The molecule has 1 aromatic carbocycles. The molecular formula is C16H20Cl3N3O. The molecule has 2 saturated heterocycles. The Hall–Kier alpha value is -0.520. The van der Waals surface area contributed by atoms with Gasteiger partial charge in [-0.3, -0.25) is 9.69 Å². The zero-order chi connectivity index (χ0) is 16.6. The van der Waals surface area contributed by atoms with E-state index in [9.17, 15) is 4.79 Å². The van der Waals surface area contributed by atoms with Crippen LogP contribution in [0.1, 0.15) is 25.7 Å². The summed E-state index contributed by atoms with van der Waals surface area (Å²) in [5.41, 5.74) is 0.491. The highest BCUT2D eigenvalue weighted by Gasteiger charge is 2.35. The number of fused-ring (bicyclic) bond motifs is 2. The molecule has 23 heavy (non-hydrogen) atoms. The van der Waals surface area contributed by atoms with Crippen molar-refractivity contribution in [1.29, 1.82) is 0 Å². The molecule has 0 radical (unpaired) electrons. The Kier molecular flexibility index (Phi) is 5.39. The lowest BCUT2D eigenvalue weighted by atomic mass is 9.98. The van der Waals surface area contributed by atoms with Gasteiger partial charge in [-0.25, -0.2) is 0 Å². The van der Waals surface area contributed by atoms with E-state index in [4.69, 9.17) is 34.8 Å². The highest BCUT2D eigenvalue weighted by atomic mass is 35.5. The first-order valence-corrected chi connectivity index (χ1v) is 8.96. The van der Waals surface area contributed by atoms with Crippen molar-refractivity contribution in [2.45, 2.75) is 43.8 Å². The fraction of sp³-hybridized carbons (Fsp3) is 0.562. The smallest absolute Gasteiger partial charge is 0.238 e. The van der Waals surface area contributed by atoms with E-state index in [0.29, 0.717) is 45.4 Å². The van der Waals surface area contributed by atoms with E-state index in [2.05, 4.69) is 15.5 Å². The van der Waals surface area contributed by atoms with Crippen LogP contribution in [0.5, 0.6) is 0 Å². The molecule has 2 fully saturated rings. The Morgan fingerprint density at radius 1 is 1.17 bits per heavy atom. The summed E-state index contributed by atoms with van der Waals surface area (Å²) in [5.74, 6) is -0.0985. The average molecular weight is 377 g/mol. The lowest BCUT2D eigenvalue weighted by Gasteiger charge is -2.35. The van der Waals surface area contributed by atoms with Gasteiger partial charge in [0.25, 0.3) is 0 Å². The second kappa shape index (κ2) is 7.16. The predicted octanol–water partition coefficient (Wildman–Crippen LogP) is 3.80. The monoisotopic (exact) mass is 375 g/mol. The van der Waals surface area contributed by atoms with Gasteiger partial charge in [0.1, 0.15) is 0 Å². The van der Waals surface area contributed by atoms with Crippen molar-refractivity contribution in [2.24, 2.45) is 0 Å². The van der Waals surface area contributed by atoms with Crippen LogP contribution in [-0.2, 0) is 4.79 Å². The molecule has 2 unspecified atom stereocenters. The third-order valence-electron chi connectivity index (χ3n) is 4.75. The third-order valence-corrected chi connectivity index (χ3v) is 5.78. The maximum atomic E-state index is 12.3. The fourth-order valence-corrected chi connectivity index (χ4v) is 4.14. The van der Waals surface area contributed by atoms with E-state index in [1.165, 1.54) is 18.9 Å². The van der Waals surface area contributed by atoms with Crippen LogP contribution < -0.4 is 10.6 Å². The highest BCUT2D eigenvalue weighted by molar-refractivity contribution is 6.44. The minimum Gasteiger partial charge on any atom is -0.324 e. The topological polar surface area (TPSA) is 44.4 Å². The van der Waals surface area contributed by atoms with Gasteiger partial charge in [-0.2, -0.15) is 0 Å². The van der Waals surface area contributed by atoms with E-state index >= 15 is 0 Å². The van der Waals surface area contributed by atoms with Crippen LogP contribution >= 0.6 is 34.8 Å². The van der Waals surface area contributed by atoms with Crippen LogP contribution in [0.3, 0.4) is 0 Å².